The van der Waals surface area contributed by atoms with Crippen LogP contribution in [0.5, 0.6) is 5.75 Å². The smallest absolute Gasteiger partial charge is 0.227 e. The maximum absolute atomic E-state index is 12.7. The Hall–Kier alpha value is -2.04. The minimum absolute atomic E-state index is 0.00149. The summed E-state index contributed by atoms with van der Waals surface area (Å²) in [7, 11) is 0. The van der Waals surface area contributed by atoms with Gasteiger partial charge in [0.25, 0.3) is 0 Å². The Morgan fingerprint density at radius 1 is 1.12 bits per heavy atom. The van der Waals surface area contributed by atoms with Crippen molar-refractivity contribution in [3.8, 4) is 5.75 Å². The maximum atomic E-state index is 12.7. The fourth-order valence-corrected chi connectivity index (χ4v) is 3.96. The largest absolute Gasteiger partial charge is 0.490 e. The van der Waals surface area contributed by atoms with Gasteiger partial charge in [0.1, 0.15) is 12.4 Å². The molecule has 136 valence electrons. The summed E-state index contributed by atoms with van der Waals surface area (Å²) >= 11 is 0. The fourth-order valence-electron chi connectivity index (χ4n) is 3.96. The molecule has 1 fully saturated rings. The van der Waals surface area contributed by atoms with E-state index in [-0.39, 0.29) is 24.7 Å². The molecular weight excluding hydrogens is 316 g/mol. The van der Waals surface area contributed by atoms with Crippen molar-refractivity contribution in [2.45, 2.75) is 40.0 Å². The summed E-state index contributed by atoms with van der Waals surface area (Å²) in [5, 5.41) is 0. The zero-order chi connectivity index (χ0) is 18.0. The number of benzene rings is 1. The van der Waals surface area contributed by atoms with Gasteiger partial charge in [-0.3, -0.25) is 9.59 Å². The highest BCUT2D eigenvalue weighted by Gasteiger charge is 2.27. The van der Waals surface area contributed by atoms with Crippen molar-refractivity contribution >= 4 is 17.5 Å². The quantitative estimate of drug-likeness (QED) is 0.847. The number of aryl methyl sites for hydroxylation is 1. The fraction of sp³-hybridized carbons (Fsp3) is 0.600. The van der Waals surface area contributed by atoms with Crippen LogP contribution >= 0.6 is 0 Å². The maximum Gasteiger partial charge on any atom is 0.227 e. The van der Waals surface area contributed by atoms with Crippen molar-refractivity contribution < 1.29 is 14.3 Å². The van der Waals surface area contributed by atoms with E-state index in [2.05, 4.69) is 13.8 Å². The molecule has 0 aliphatic carbocycles. The minimum Gasteiger partial charge on any atom is -0.490 e. The Labute approximate surface area is 149 Å². The summed E-state index contributed by atoms with van der Waals surface area (Å²) in [6.07, 6.45) is 1.72. The molecule has 2 aliphatic rings. The van der Waals surface area contributed by atoms with Crippen LogP contribution in [0.25, 0.3) is 0 Å². The third kappa shape index (κ3) is 4.14. The Kier molecular flexibility index (Phi) is 5.30. The van der Waals surface area contributed by atoms with Crippen LogP contribution < -0.4 is 9.64 Å². The second kappa shape index (κ2) is 7.46. The number of piperidine rings is 1. The summed E-state index contributed by atoms with van der Waals surface area (Å²) in [4.78, 5) is 28.9. The van der Waals surface area contributed by atoms with Crippen LogP contribution in [-0.2, 0) is 9.59 Å². The molecule has 0 unspecified atom stereocenters. The Bertz CT molecular complexity index is 648. The van der Waals surface area contributed by atoms with Gasteiger partial charge in [-0.15, -0.1) is 0 Å². The van der Waals surface area contributed by atoms with Gasteiger partial charge in [-0.2, -0.15) is 0 Å². The average molecular weight is 344 g/mol. The highest BCUT2D eigenvalue weighted by molar-refractivity contribution is 5.97. The van der Waals surface area contributed by atoms with Crippen LogP contribution in [0.3, 0.4) is 0 Å². The van der Waals surface area contributed by atoms with Gasteiger partial charge in [-0.05, 0) is 42.9 Å². The van der Waals surface area contributed by atoms with Crippen LogP contribution in [0.1, 0.15) is 38.7 Å². The lowest BCUT2D eigenvalue weighted by molar-refractivity contribution is -0.135. The standard InChI is InChI=1S/C20H28N2O3/c1-14-4-5-18-17(11-14)22(8-9-25-18)20(24)7-6-19(23)21-12-15(2)10-16(3)13-21/h4-5,11,15-16H,6-10,12-13H2,1-3H3/t15-,16-/m1/s1. The third-order valence-electron chi connectivity index (χ3n) is 5.05. The van der Waals surface area contributed by atoms with Gasteiger partial charge in [-0.25, -0.2) is 0 Å². The van der Waals surface area contributed by atoms with Crippen molar-refractivity contribution in [3.63, 3.8) is 0 Å². The van der Waals surface area contributed by atoms with E-state index in [0.717, 1.165) is 30.1 Å². The normalized spacial score (nSPS) is 23.0. The lowest BCUT2D eigenvalue weighted by Crippen LogP contribution is -2.43. The van der Waals surface area contributed by atoms with E-state index >= 15 is 0 Å². The van der Waals surface area contributed by atoms with E-state index in [1.54, 1.807) is 4.90 Å². The molecule has 3 rings (SSSR count). The Balaban J connectivity index is 1.60. The van der Waals surface area contributed by atoms with Crippen molar-refractivity contribution in [2.75, 3.05) is 31.1 Å². The molecule has 0 spiro atoms. The highest BCUT2D eigenvalue weighted by Crippen LogP contribution is 2.33. The predicted octanol–water partition coefficient (Wildman–Crippen LogP) is 3.01. The first-order valence-electron chi connectivity index (χ1n) is 9.25. The van der Waals surface area contributed by atoms with E-state index in [9.17, 15) is 9.59 Å². The zero-order valence-electron chi connectivity index (χ0n) is 15.5. The van der Waals surface area contributed by atoms with Crippen LogP contribution in [0, 0.1) is 18.8 Å². The van der Waals surface area contributed by atoms with Gasteiger partial charge in [0.2, 0.25) is 11.8 Å². The molecule has 0 bridgehead atoms. The number of ether oxygens (including phenoxy) is 1. The summed E-state index contributed by atoms with van der Waals surface area (Å²) in [5.41, 5.74) is 1.92. The monoisotopic (exact) mass is 344 g/mol. The number of carbonyl (C=O) groups is 2. The molecule has 0 radical (unpaired) electrons. The minimum atomic E-state index is 0.00149. The highest BCUT2D eigenvalue weighted by atomic mass is 16.5. The average Bonchev–Trinajstić information content (AvgIpc) is 2.57. The molecule has 2 atom stereocenters. The molecule has 1 aromatic rings. The van der Waals surface area contributed by atoms with E-state index in [1.807, 2.05) is 30.0 Å². The van der Waals surface area contributed by atoms with Crippen LogP contribution in [0.4, 0.5) is 5.69 Å². The summed E-state index contributed by atoms with van der Waals surface area (Å²) < 4.78 is 5.63. The molecule has 25 heavy (non-hydrogen) atoms. The SMILES string of the molecule is Cc1ccc2c(c1)N(C(=O)CCC(=O)N1C[C@H](C)C[C@@H](C)C1)CCO2. The van der Waals surface area contributed by atoms with Crippen molar-refractivity contribution in [1.29, 1.82) is 0 Å². The summed E-state index contributed by atoms with van der Waals surface area (Å²) in [6, 6.07) is 5.86. The molecule has 0 N–H and O–H groups in total. The molecule has 2 aliphatic heterocycles. The zero-order valence-corrected chi connectivity index (χ0v) is 15.5. The van der Waals surface area contributed by atoms with Gasteiger partial charge in [0.05, 0.1) is 12.2 Å². The van der Waals surface area contributed by atoms with Gasteiger partial charge in [-0.1, -0.05) is 19.9 Å². The van der Waals surface area contributed by atoms with Crippen LogP contribution in [0.15, 0.2) is 18.2 Å². The molecule has 1 aromatic carbocycles. The topological polar surface area (TPSA) is 49.9 Å². The lowest BCUT2D eigenvalue weighted by Gasteiger charge is -2.35. The van der Waals surface area contributed by atoms with Gasteiger partial charge in [0.15, 0.2) is 0 Å². The van der Waals surface area contributed by atoms with E-state index in [4.69, 9.17) is 4.74 Å². The van der Waals surface area contributed by atoms with Crippen molar-refractivity contribution in [3.05, 3.63) is 23.8 Å². The van der Waals surface area contributed by atoms with Crippen LogP contribution in [0.2, 0.25) is 0 Å². The second-order valence-electron chi connectivity index (χ2n) is 7.61. The Morgan fingerprint density at radius 2 is 1.80 bits per heavy atom. The number of hydrogen-bond donors (Lipinski definition) is 0. The molecular formula is C20H28N2O3. The molecule has 5 heteroatoms. The molecule has 2 heterocycles. The first-order valence-corrected chi connectivity index (χ1v) is 9.25. The van der Waals surface area contributed by atoms with E-state index in [0.29, 0.717) is 25.0 Å². The number of hydrogen-bond acceptors (Lipinski definition) is 3. The first-order chi connectivity index (χ1) is 11.9. The third-order valence-corrected chi connectivity index (χ3v) is 5.05. The lowest BCUT2D eigenvalue weighted by atomic mass is 9.91. The van der Waals surface area contributed by atoms with E-state index < -0.39 is 0 Å². The Morgan fingerprint density at radius 3 is 2.52 bits per heavy atom. The van der Waals surface area contributed by atoms with Crippen LogP contribution in [-0.4, -0.2) is 43.0 Å². The number of anilines is 1. The van der Waals surface area contributed by atoms with Crippen molar-refractivity contribution in [2.24, 2.45) is 11.8 Å². The number of likely N-dealkylation sites (tertiary alicyclic amines) is 1. The molecule has 0 aromatic heterocycles. The number of fused-ring (bicyclic) bond motifs is 1. The first kappa shape index (κ1) is 17.8. The van der Waals surface area contributed by atoms with Gasteiger partial charge in [0, 0.05) is 25.9 Å². The molecule has 1 saturated heterocycles. The molecule has 2 amide bonds. The number of carbonyl (C=O) groups excluding carboxylic acids is 2. The number of rotatable bonds is 3. The predicted molar refractivity (Wildman–Crippen MR) is 97.8 cm³/mol. The number of amides is 2. The van der Waals surface area contributed by atoms with Gasteiger partial charge >= 0.3 is 0 Å². The molecule has 5 nitrogen and oxygen atoms in total. The summed E-state index contributed by atoms with van der Waals surface area (Å²) in [6.45, 7) is 9.05. The van der Waals surface area contributed by atoms with E-state index in [1.165, 1.54) is 6.42 Å². The number of nitrogens with zero attached hydrogens (tertiary/aromatic N) is 2. The summed E-state index contributed by atoms with van der Waals surface area (Å²) in [5.74, 6) is 1.93. The van der Waals surface area contributed by atoms with Gasteiger partial charge < -0.3 is 14.5 Å². The second-order valence-corrected chi connectivity index (χ2v) is 7.61. The molecule has 0 saturated carbocycles. The van der Waals surface area contributed by atoms with Crippen molar-refractivity contribution in [1.82, 2.24) is 4.90 Å².